The molecule has 0 aliphatic rings. The summed E-state index contributed by atoms with van der Waals surface area (Å²) in [7, 11) is 0. The van der Waals surface area contributed by atoms with Gasteiger partial charge < -0.3 is 10.5 Å². The second kappa shape index (κ2) is 5.38. The van der Waals surface area contributed by atoms with E-state index in [0.717, 1.165) is 0 Å². The van der Waals surface area contributed by atoms with E-state index in [1.165, 1.54) is 0 Å². The molecule has 17 heavy (non-hydrogen) atoms. The van der Waals surface area contributed by atoms with E-state index in [9.17, 15) is 4.79 Å². The zero-order chi connectivity index (χ0) is 13.1. The van der Waals surface area contributed by atoms with E-state index in [1.54, 1.807) is 39.0 Å². The van der Waals surface area contributed by atoms with Crippen molar-refractivity contribution in [1.29, 1.82) is 0 Å². The summed E-state index contributed by atoms with van der Waals surface area (Å²) in [6, 6.07) is 5.20. The largest absolute Gasteiger partial charge is 0.444 e. The first-order chi connectivity index (χ1) is 7.83. The van der Waals surface area contributed by atoms with Crippen molar-refractivity contribution in [1.82, 2.24) is 0 Å². The van der Waals surface area contributed by atoms with Gasteiger partial charge in [-0.15, -0.1) is 0 Å². The van der Waals surface area contributed by atoms with Gasteiger partial charge in [-0.25, -0.2) is 4.79 Å². The van der Waals surface area contributed by atoms with Gasteiger partial charge in [0, 0.05) is 22.8 Å². The molecular formula is C12H17ClN2O2. The van der Waals surface area contributed by atoms with E-state index in [1.807, 2.05) is 0 Å². The molecule has 1 aromatic rings. The van der Waals surface area contributed by atoms with Crippen molar-refractivity contribution in [3.8, 4) is 0 Å². The van der Waals surface area contributed by atoms with Crippen LogP contribution in [0, 0.1) is 0 Å². The van der Waals surface area contributed by atoms with Crippen molar-refractivity contribution in [3.63, 3.8) is 0 Å². The van der Waals surface area contributed by atoms with Gasteiger partial charge in [-0.05, 0) is 32.9 Å². The number of nitrogens with two attached hydrogens (primary N) is 1. The normalized spacial score (nSPS) is 11.1. The molecule has 0 unspecified atom stereocenters. The molecule has 0 spiro atoms. The average Bonchev–Trinajstić information content (AvgIpc) is 2.14. The number of benzene rings is 1. The Morgan fingerprint density at radius 1 is 1.47 bits per heavy atom. The van der Waals surface area contributed by atoms with Gasteiger partial charge in [0.25, 0.3) is 0 Å². The quantitative estimate of drug-likeness (QED) is 0.854. The van der Waals surface area contributed by atoms with Gasteiger partial charge in [0.15, 0.2) is 0 Å². The molecule has 5 heteroatoms. The van der Waals surface area contributed by atoms with Crippen LogP contribution in [0.3, 0.4) is 0 Å². The fraction of sp³-hybridized carbons (Fsp3) is 0.417. The van der Waals surface area contributed by atoms with Crippen LogP contribution in [0.25, 0.3) is 0 Å². The van der Waals surface area contributed by atoms with Crippen LogP contribution in [0.1, 0.15) is 26.3 Å². The third kappa shape index (κ3) is 4.24. The number of hydrogen-bond acceptors (Lipinski definition) is 3. The number of ether oxygens (including phenoxy) is 1. The second-order valence-corrected chi connectivity index (χ2v) is 5.00. The molecule has 0 heterocycles. The molecule has 0 atom stereocenters. The molecule has 0 aliphatic carbocycles. The standard InChI is InChI=1S/C12H17ClN2O2/c1-12(2,3)17-11(16)15-10-6-4-5-9(13)8(10)7-14/h4-6H,7,14H2,1-3H3,(H,15,16). The number of carbonyl (C=O) groups is 1. The van der Waals surface area contributed by atoms with Crippen LogP contribution in [0.5, 0.6) is 0 Å². The molecule has 0 bridgehead atoms. The minimum Gasteiger partial charge on any atom is -0.444 e. The predicted octanol–water partition coefficient (Wildman–Crippen LogP) is 3.15. The maximum absolute atomic E-state index is 11.6. The monoisotopic (exact) mass is 256 g/mol. The number of amides is 1. The molecule has 0 aromatic heterocycles. The van der Waals surface area contributed by atoms with E-state index < -0.39 is 11.7 Å². The zero-order valence-electron chi connectivity index (χ0n) is 10.2. The van der Waals surface area contributed by atoms with E-state index in [0.29, 0.717) is 16.3 Å². The minimum absolute atomic E-state index is 0.255. The summed E-state index contributed by atoms with van der Waals surface area (Å²) in [5, 5.41) is 3.16. The summed E-state index contributed by atoms with van der Waals surface area (Å²) < 4.78 is 5.15. The van der Waals surface area contributed by atoms with Crippen molar-refractivity contribution in [2.45, 2.75) is 32.9 Å². The number of rotatable bonds is 2. The molecule has 0 radical (unpaired) electrons. The van der Waals surface area contributed by atoms with Crippen LogP contribution in [0.4, 0.5) is 10.5 Å². The molecular weight excluding hydrogens is 240 g/mol. The average molecular weight is 257 g/mol. The lowest BCUT2D eigenvalue weighted by Gasteiger charge is -2.20. The van der Waals surface area contributed by atoms with Crippen LogP contribution in [0.15, 0.2) is 18.2 Å². The lowest BCUT2D eigenvalue weighted by molar-refractivity contribution is 0.0636. The van der Waals surface area contributed by atoms with Gasteiger partial charge >= 0.3 is 6.09 Å². The Morgan fingerprint density at radius 2 is 2.12 bits per heavy atom. The lowest BCUT2D eigenvalue weighted by Crippen LogP contribution is -2.27. The Bertz CT molecular complexity index is 413. The van der Waals surface area contributed by atoms with Crippen molar-refractivity contribution in [2.24, 2.45) is 5.73 Å². The molecule has 0 fully saturated rings. The highest BCUT2D eigenvalue weighted by Gasteiger charge is 2.17. The van der Waals surface area contributed by atoms with Crippen LogP contribution in [0.2, 0.25) is 5.02 Å². The van der Waals surface area contributed by atoms with Gasteiger partial charge in [-0.2, -0.15) is 0 Å². The summed E-state index contributed by atoms with van der Waals surface area (Å²) in [6.45, 7) is 5.65. The fourth-order valence-electron chi connectivity index (χ4n) is 1.30. The zero-order valence-corrected chi connectivity index (χ0v) is 11.0. The fourth-order valence-corrected chi connectivity index (χ4v) is 1.55. The Balaban J connectivity index is 2.82. The summed E-state index contributed by atoms with van der Waals surface area (Å²) in [6.07, 6.45) is -0.519. The Labute approximate surface area is 106 Å². The van der Waals surface area contributed by atoms with Crippen molar-refractivity contribution in [2.75, 3.05) is 5.32 Å². The third-order valence-electron chi connectivity index (χ3n) is 1.96. The second-order valence-electron chi connectivity index (χ2n) is 4.60. The first-order valence-electron chi connectivity index (χ1n) is 5.31. The molecule has 0 saturated heterocycles. The lowest BCUT2D eigenvalue weighted by atomic mass is 10.2. The first-order valence-corrected chi connectivity index (χ1v) is 5.69. The summed E-state index contributed by atoms with van der Waals surface area (Å²) >= 11 is 5.97. The van der Waals surface area contributed by atoms with E-state index in [2.05, 4.69) is 5.32 Å². The minimum atomic E-state index is -0.536. The summed E-state index contributed by atoms with van der Waals surface area (Å²) in [4.78, 5) is 11.6. The Kier molecular flexibility index (Phi) is 4.37. The summed E-state index contributed by atoms with van der Waals surface area (Å²) in [5.74, 6) is 0. The van der Waals surface area contributed by atoms with Crippen molar-refractivity contribution >= 4 is 23.4 Å². The molecule has 0 saturated carbocycles. The first kappa shape index (κ1) is 13.8. The Hall–Kier alpha value is -1.26. The molecule has 1 amide bonds. The van der Waals surface area contributed by atoms with E-state index in [-0.39, 0.29) is 6.54 Å². The van der Waals surface area contributed by atoms with Gasteiger partial charge in [0.05, 0.1) is 0 Å². The van der Waals surface area contributed by atoms with Crippen LogP contribution < -0.4 is 11.1 Å². The molecule has 94 valence electrons. The molecule has 1 aromatic carbocycles. The molecule has 3 N–H and O–H groups in total. The van der Waals surface area contributed by atoms with Crippen LogP contribution >= 0.6 is 11.6 Å². The van der Waals surface area contributed by atoms with E-state index in [4.69, 9.17) is 22.1 Å². The Morgan fingerprint density at radius 3 is 2.65 bits per heavy atom. The maximum Gasteiger partial charge on any atom is 0.412 e. The highest BCUT2D eigenvalue weighted by molar-refractivity contribution is 6.31. The summed E-state index contributed by atoms with van der Waals surface area (Å²) in [5.41, 5.74) is 6.31. The van der Waals surface area contributed by atoms with Gasteiger partial charge in [0.2, 0.25) is 0 Å². The molecule has 0 aliphatic heterocycles. The van der Waals surface area contributed by atoms with Crippen molar-refractivity contribution in [3.05, 3.63) is 28.8 Å². The topological polar surface area (TPSA) is 64.3 Å². The van der Waals surface area contributed by atoms with Crippen LogP contribution in [-0.4, -0.2) is 11.7 Å². The number of nitrogens with one attached hydrogen (secondary N) is 1. The third-order valence-corrected chi connectivity index (χ3v) is 2.31. The van der Waals surface area contributed by atoms with Gasteiger partial charge in [-0.1, -0.05) is 17.7 Å². The number of anilines is 1. The van der Waals surface area contributed by atoms with Gasteiger partial charge in [-0.3, -0.25) is 5.32 Å². The van der Waals surface area contributed by atoms with Gasteiger partial charge in [0.1, 0.15) is 5.60 Å². The van der Waals surface area contributed by atoms with Crippen LogP contribution in [-0.2, 0) is 11.3 Å². The maximum atomic E-state index is 11.6. The smallest absolute Gasteiger partial charge is 0.412 e. The predicted molar refractivity (Wildman–Crippen MR) is 69.2 cm³/mol. The van der Waals surface area contributed by atoms with Crippen molar-refractivity contribution < 1.29 is 9.53 Å². The highest BCUT2D eigenvalue weighted by atomic mass is 35.5. The number of halogens is 1. The number of carbonyl (C=O) groups excluding carboxylic acids is 1. The molecule has 1 rings (SSSR count). The molecule has 4 nitrogen and oxygen atoms in total. The highest BCUT2D eigenvalue weighted by Crippen LogP contribution is 2.24. The van der Waals surface area contributed by atoms with E-state index >= 15 is 0 Å². The number of hydrogen-bond donors (Lipinski definition) is 2. The SMILES string of the molecule is CC(C)(C)OC(=O)Nc1cccc(Cl)c1CN.